The van der Waals surface area contributed by atoms with E-state index in [1.807, 2.05) is 25.1 Å². The lowest BCUT2D eigenvalue weighted by Crippen LogP contribution is -1.91. The molecule has 2 rings (SSSR count). The molecule has 1 N–H and O–H groups in total. The molecule has 0 atom stereocenters. The molecule has 2 aromatic carbocycles. The third-order valence-corrected chi connectivity index (χ3v) is 2.60. The molecule has 0 unspecified atom stereocenters. The first kappa shape index (κ1) is 9.94. The molecule has 0 aliphatic carbocycles. The van der Waals surface area contributed by atoms with Gasteiger partial charge in [0.25, 0.3) is 0 Å². The summed E-state index contributed by atoms with van der Waals surface area (Å²) < 4.78 is 0. The van der Waals surface area contributed by atoms with Crippen LogP contribution in [-0.4, -0.2) is 5.11 Å². The van der Waals surface area contributed by atoms with Crippen molar-refractivity contribution in [1.29, 1.82) is 0 Å². The van der Waals surface area contributed by atoms with Crippen molar-refractivity contribution in [3.63, 3.8) is 0 Å². The van der Waals surface area contributed by atoms with Crippen LogP contribution in [0.5, 0.6) is 0 Å². The first-order valence-corrected chi connectivity index (χ1v) is 5.01. The lowest BCUT2D eigenvalue weighted by Gasteiger charge is -2.09. The van der Waals surface area contributed by atoms with Crippen LogP contribution in [0.25, 0.3) is 16.3 Å². The molecule has 1 nitrogen and oxygen atoms in total. The lowest BCUT2D eigenvalue weighted by molar-refractivity contribution is 0.281. The van der Waals surface area contributed by atoms with E-state index in [1.54, 1.807) is 0 Å². The second-order valence-corrected chi connectivity index (χ2v) is 3.79. The number of allylic oxidation sites excluding steroid dienone is 1. The van der Waals surface area contributed by atoms with Crippen molar-refractivity contribution >= 4 is 16.3 Å². The fourth-order valence-electron chi connectivity index (χ4n) is 1.82. The van der Waals surface area contributed by atoms with Gasteiger partial charge in [-0.25, -0.2) is 0 Å². The Bertz CT molecular complexity index is 512. The van der Waals surface area contributed by atoms with Crippen molar-refractivity contribution in [2.75, 3.05) is 0 Å². The van der Waals surface area contributed by atoms with Gasteiger partial charge in [-0.2, -0.15) is 0 Å². The summed E-state index contributed by atoms with van der Waals surface area (Å²) in [5.41, 5.74) is 2.99. The molecule has 76 valence electrons. The van der Waals surface area contributed by atoms with Gasteiger partial charge in [0.05, 0.1) is 6.61 Å². The Morgan fingerprint density at radius 3 is 2.33 bits per heavy atom. The SMILES string of the molecule is C=C(C)c1cc2ccccc2cc1CO. The van der Waals surface area contributed by atoms with Crippen LogP contribution in [0.4, 0.5) is 0 Å². The van der Waals surface area contributed by atoms with Crippen molar-refractivity contribution in [3.05, 3.63) is 54.1 Å². The van der Waals surface area contributed by atoms with Crippen molar-refractivity contribution in [2.24, 2.45) is 0 Å². The van der Waals surface area contributed by atoms with Gasteiger partial charge < -0.3 is 5.11 Å². The Hall–Kier alpha value is -1.60. The zero-order chi connectivity index (χ0) is 10.8. The number of hydrogen-bond donors (Lipinski definition) is 1. The zero-order valence-corrected chi connectivity index (χ0v) is 8.83. The molecule has 2 aromatic rings. The predicted octanol–water partition coefficient (Wildman–Crippen LogP) is 3.37. The van der Waals surface area contributed by atoms with Crippen LogP contribution in [0, 0.1) is 0 Å². The molecule has 0 aliphatic heterocycles. The molecular weight excluding hydrogens is 184 g/mol. The minimum absolute atomic E-state index is 0.0625. The summed E-state index contributed by atoms with van der Waals surface area (Å²) in [7, 11) is 0. The zero-order valence-electron chi connectivity index (χ0n) is 8.83. The van der Waals surface area contributed by atoms with Crippen molar-refractivity contribution in [2.45, 2.75) is 13.5 Å². The molecule has 0 bridgehead atoms. The average molecular weight is 198 g/mol. The maximum Gasteiger partial charge on any atom is 0.0687 e. The topological polar surface area (TPSA) is 20.2 Å². The Morgan fingerprint density at radius 2 is 1.80 bits per heavy atom. The molecule has 0 saturated carbocycles. The average Bonchev–Trinajstić information content (AvgIpc) is 2.27. The number of fused-ring (bicyclic) bond motifs is 1. The summed E-state index contributed by atoms with van der Waals surface area (Å²) in [5.74, 6) is 0. The maximum atomic E-state index is 9.29. The maximum absolute atomic E-state index is 9.29. The van der Waals surface area contributed by atoms with E-state index in [0.717, 1.165) is 22.1 Å². The number of benzene rings is 2. The molecule has 0 radical (unpaired) electrons. The van der Waals surface area contributed by atoms with Crippen LogP contribution in [-0.2, 0) is 6.61 Å². The van der Waals surface area contributed by atoms with E-state index in [2.05, 4.69) is 24.8 Å². The molecule has 0 aliphatic rings. The van der Waals surface area contributed by atoms with Gasteiger partial charge in [0, 0.05) is 0 Å². The van der Waals surface area contributed by atoms with Gasteiger partial charge in [-0.05, 0) is 41.0 Å². The number of aliphatic hydroxyl groups is 1. The fraction of sp³-hybridized carbons (Fsp3) is 0.143. The fourth-order valence-corrected chi connectivity index (χ4v) is 1.82. The molecule has 0 saturated heterocycles. The molecule has 0 spiro atoms. The molecule has 15 heavy (non-hydrogen) atoms. The number of hydrogen-bond acceptors (Lipinski definition) is 1. The standard InChI is InChI=1S/C14H14O/c1-10(2)14-8-12-6-4-3-5-11(12)7-13(14)9-15/h3-8,15H,1,9H2,2H3. The van der Waals surface area contributed by atoms with Crippen molar-refractivity contribution in [3.8, 4) is 0 Å². The first-order valence-electron chi connectivity index (χ1n) is 5.01. The van der Waals surface area contributed by atoms with Gasteiger partial charge in [-0.3, -0.25) is 0 Å². The van der Waals surface area contributed by atoms with E-state index in [-0.39, 0.29) is 6.61 Å². The van der Waals surface area contributed by atoms with Crippen LogP contribution in [0.3, 0.4) is 0 Å². The lowest BCUT2D eigenvalue weighted by atomic mass is 9.97. The summed E-state index contributed by atoms with van der Waals surface area (Å²) in [6.07, 6.45) is 0. The minimum atomic E-state index is 0.0625. The highest BCUT2D eigenvalue weighted by Gasteiger charge is 2.04. The van der Waals surface area contributed by atoms with Crippen molar-refractivity contribution in [1.82, 2.24) is 0 Å². The smallest absolute Gasteiger partial charge is 0.0687 e. The van der Waals surface area contributed by atoms with E-state index < -0.39 is 0 Å². The Morgan fingerprint density at radius 1 is 1.20 bits per heavy atom. The first-order chi connectivity index (χ1) is 7.22. The predicted molar refractivity (Wildman–Crippen MR) is 64.6 cm³/mol. The van der Waals surface area contributed by atoms with E-state index in [4.69, 9.17) is 0 Å². The van der Waals surface area contributed by atoms with Gasteiger partial charge in [-0.15, -0.1) is 0 Å². The van der Waals surface area contributed by atoms with Crippen LogP contribution in [0.2, 0.25) is 0 Å². The van der Waals surface area contributed by atoms with Crippen LogP contribution in [0.15, 0.2) is 43.0 Å². The van der Waals surface area contributed by atoms with Gasteiger partial charge in [0.1, 0.15) is 0 Å². The largest absolute Gasteiger partial charge is 0.392 e. The van der Waals surface area contributed by atoms with Crippen LogP contribution in [0.1, 0.15) is 18.1 Å². The highest BCUT2D eigenvalue weighted by atomic mass is 16.3. The Balaban J connectivity index is 2.74. The Labute approximate surface area is 89.7 Å². The summed E-state index contributed by atoms with van der Waals surface area (Å²) in [6, 6.07) is 12.3. The van der Waals surface area contributed by atoms with Gasteiger partial charge >= 0.3 is 0 Å². The molecule has 0 aromatic heterocycles. The molecule has 0 fully saturated rings. The van der Waals surface area contributed by atoms with E-state index >= 15 is 0 Å². The highest BCUT2D eigenvalue weighted by Crippen LogP contribution is 2.24. The van der Waals surface area contributed by atoms with Gasteiger partial charge in [-0.1, -0.05) is 36.4 Å². The quantitative estimate of drug-likeness (QED) is 0.784. The highest BCUT2D eigenvalue weighted by molar-refractivity contribution is 5.87. The normalized spacial score (nSPS) is 10.5. The second-order valence-electron chi connectivity index (χ2n) is 3.79. The van der Waals surface area contributed by atoms with Crippen LogP contribution >= 0.6 is 0 Å². The minimum Gasteiger partial charge on any atom is -0.392 e. The summed E-state index contributed by atoms with van der Waals surface area (Å²) in [5, 5.41) is 11.6. The van der Waals surface area contributed by atoms with Gasteiger partial charge in [0.15, 0.2) is 0 Å². The molecule has 1 heteroatoms. The van der Waals surface area contributed by atoms with E-state index in [1.165, 1.54) is 5.39 Å². The van der Waals surface area contributed by atoms with E-state index in [0.29, 0.717) is 0 Å². The summed E-state index contributed by atoms with van der Waals surface area (Å²) in [4.78, 5) is 0. The van der Waals surface area contributed by atoms with Gasteiger partial charge in [0.2, 0.25) is 0 Å². The number of rotatable bonds is 2. The van der Waals surface area contributed by atoms with E-state index in [9.17, 15) is 5.11 Å². The second kappa shape index (κ2) is 3.87. The summed E-state index contributed by atoms with van der Waals surface area (Å²) in [6.45, 7) is 5.95. The number of aliphatic hydroxyl groups excluding tert-OH is 1. The molecular formula is C14H14O. The monoisotopic (exact) mass is 198 g/mol. The summed E-state index contributed by atoms with van der Waals surface area (Å²) >= 11 is 0. The third-order valence-electron chi connectivity index (χ3n) is 2.60. The Kier molecular flexibility index (Phi) is 2.57. The molecule has 0 amide bonds. The van der Waals surface area contributed by atoms with Crippen molar-refractivity contribution < 1.29 is 5.11 Å². The third kappa shape index (κ3) is 1.79. The molecule has 0 heterocycles. The van der Waals surface area contributed by atoms with Crippen LogP contribution < -0.4 is 0 Å².